The zero-order valence-electron chi connectivity index (χ0n) is 9.93. The third-order valence-electron chi connectivity index (χ3n) is 3.64. The fourth-order valence-electron chi connectivity index (χ4n) is 2.81. The molecule has 1 N–H and O–H groups in total. The van der Waals surface area contributed by atoms with Crippen LogP contribution in [0.5, 0.6) is 0 Å². The average molecular weight is 228 g/mol. The molecule has 0 fully saturated rings. The van der Waals surface area contributed by atoms with Crippen LogP contribution in [0.2, 0.25) is 0 Å². The smallest absolute Gasteiger partial charge is 0.147 e. The highest BCUT2D eigenvalue weighted by Gasteiger charge is 2.38. The summed E-state index contributed by atoms with van der Waals surface area (Å²) in [4.78, 5) is 4.32. The molecule has 1 atom stereocenters. The molecular formula is C14H16N2O. The molecule has 88 valence electrons. The number of fused-ring (bicyclic) bond motifs is 1. The fraction of sp³-hybridized carbons (Fsp3) is 0.357. The Labute approximate surface area is 101 Å². The maximum atomic E-state index is 11.0. The summed E-state index contributed by atoms with van der Waals surface area (Å²) in [6, 6.07) is 8.13. The van der Waals surface area contributed by atoms with Crippen LogP contribution in [0.15, 0.2) is 36.7 Å². The molecular weight excluding hydrogens is 212 g/mol. The van der Waals surface area contributed by atoms with Crippen molar-refractivity contribution >= 4 is 0 Å². The van der Waals surface area contributed by atoms with E-state index in [-0.39, 0.29) is 0 Å². The fourth-order valence-corrected chi connectivity index (χ4v) is 2.81. The van der Waals surface area contributed by atoms with Gasteiger partial charge in [-0.3, -0.25) is 0 Å². The Morgan fingerprint density at radius 3 is 2.94 bits per heavy atom. The van der Waals surface area contributed by atoms with Gasteiger partial charge in [0.15, 0.2) is 0 Å². The molecule has 17 heavy (non-hydrogen) atoms. The number of hydrogen-bond acceptors (Lipinski definition) is 2. The van der Waals surface area contributed by atoms with Crippen molar-refractivity contribution in [3.05, 3.63) is 53.6 Å². The minimum Gasteiger partial charge on any atom is -0.377 e. The van der Waals surface area contributed by atoms with Gasteiger partial charge < -0.3 is 9.67 Å². The van der Waals surface area contributed by atoms with Crippen molar-refractivity contribution in [1.82, 2.24) is 9.55 Å². The summed E-state index contributed by atoms with van der Waals surface area (Å²) in [5.74, 6) is 0.740. The first kappa shape index (κ1) is 10.5. The molecule has 0 aliphatic heterocycles. The highest BCUT2D eigenvalue weighted by Crippen LogP contribution is 2.39. The van der Waals surface area contributed by atoms with E-state index in [4.69, 9.17) is 0 Å². The van der Waals surface area contributed by atoms with Gasteiger partial charge in [0.2, 0.25) is 0 Å². The second kappa shape index (κ2) is 3.70. The van der Waals surface area contributed by atoms with Crippen molar-refractivity contribution in [2.75, 3.05) is 0 Å². The Morgan fingerprint density at radius 2 is 2.18 bits per heavy atom. The molecule has 1 aliphatic carbocycles. The van der Waals surface area contributed by atoms with Crippen molar-refractivity contribution in [3.63, 3.8) is 0 Å². The molecule has 3 nitrogen and oxygen atoms in total. The van der Waals surface area contributed by atoms with Crippen molar-refractivity contribution in [2.24, 2.45) is 7.05 Å². The van der Waals surface area contributed by atoms with Gasteiger partial charge in [-0.15, -0.1) is 0 Å². The Hall–Kier alpha value is -1.61. The Morgan fingerprint density at radius 1 is 1.35 bits per heavy atom. The number of nitrogens with zero attached hydrogens (tertiary/aromatic N) is 2. The summed E-state index contributed by atoms with van der Waals surface area (Å²) in [7, 11) is 1.93. The topological polar surface area (TPSA) is 38.0 Å². The van der Waals surface area contributed by atoms with E-state index in [0.29, 0.717) is 0 Å². The Kier molecular flexibility index (Phi) is 2.30. The minimum absolute atomic E-state index is 0.740. The summed E-state index contributed by atoms with van der Waals surface area (Å²) >= 11 is 0. The first-order valence-corrected chi connectivity index (χ1v) is 6.00. The van der Waals surface area contributed by atoms with Gasteiger partial charge in [-0.1, -0.05) is 24.3 Å². The number of aryl methyl sites for hydroxylation is 2. The minimum atomic E-state index is -0.924. The van der Waals surface area contributed by atoms with Crippen LogP contribution in [0.1, 0.15) is 29.8 Å². The van der Waals surface area contributed by atoms with Crippen molar-refractivity contribution in [1.29, 1.82) is 0 Å². The number of aromatic nitrogens is 2. The zero-order valence-corrected chi connectivity index (χ0v) is 9.93. The number of imidazole rings is 1. The largest absolute Gasteiger partial charge is 0.377 e. The third kappa shape index (κ3) is 1.50. The van der Waals surface area contributed by atoms with E-state index < -0.39 is 5.60 Å². The second-order valence-electron chi connectivity index (χ2n) is 4.73. The summed E-state index contributed by atoms with van der Waals surface area (Å²) < 4.78 is 1.90. The lowest BCUT2D eigenvalue weighted by Crippen LogP contribution is -2.34. The van der Waals surface area contributed by atoms with Crippen LogP contribution in [0, 0.1) is 0 Å². The van der Waals surface area contributed by atoms with Crippen LogP contribution >= 0.6 is 0 Å². The highest BCUT2D eigenvalue weighted by molar-refractivity contribution is 5.39. The summed E-state index contributed by atoms with van der Waals surface area (Å²) in [6.07, 6.45) is 6.41. The normalized spacial score (nSPS) is 23.4. The van der Waals surface area contributed by atoms with Crippen LogP contribution in [0.4, 0.5) is 0 Å². The van der Waals surface area contributed by atoms with Crippen LogP contribution in [0.25, 0.3) is 0 Å². The summed E-state index contributed by atoms with van der Waals surface area (Å²) in [6.45, 7) is 0. The zero-order chi connectivity index (χ0) is 11.9. The van der Waals surface area contributed by atoms with Gasteiger partial charge in [-0.25, -0.2) is 4.98 Å². The molecule has 3 heteroatoms. The Balaban J connectivity index is 2.19. The molecule has 1 aliphatic rings. The molecule has 0 bridgehead atoms. The summed E-state index contributed by atoms with van der Waals surface area (Å²) in [5.41, 5.74) is 1.33. The van der Waals surface area contributed by atoms with E-state index >= 15 is 0 Å². The van der Waals surface area contributed by atoms with Crippen LogP contribution in [0.3, 0.4) is 0 Å². The maximum Gasteiger partial charge on any atom is 0.147 e. The first-order valence-electron chi connectivity index (χ1n) is 6.00. The lowest BCUT2D eigenvalue weighted by Gasteiger charge is -2.33. The lowest BCUT2D eigenvalue weighted by atomic mass is 9.78. The van der Waals surface area contributed by atoms with Gasteiger partial charge in [-0.2, -0.15) is 0 Å². The number of rotatable bonds is 1. The molecule has 1 aromatic carbocycles. The van der Waals surface area contributed by atoms with Gasteiger partial charge in [0, 0.05) is 19.4 Å². The van der Waals surface area contributed by atoms with E-state index in [9.17, 15) is 5.11 Å². The quantitative estimate of drug-likeness (QED) is 0.810. The predicted octanol–water partition coefficient (Wildman–Crippen LogP) is 1.99. The van der Waals surface area contributed by atoms with Crippen LogP contribution in [-0.4, -0.2) is 14.7 Å². The predicted molar refractivity (Wildman–Crippen MR) is 65.6 cm³/mol. The van der Waals surface area contributed by atoms with E-state index in [1.165, 1.54) is 5.56 Å². The second-order valence-corrected chi connectivity index (χ2v) is 4.73. The number of benzene rings is 1. The molecule has 0 amide bonds. The standard InChI is InChI=1S/C14H16N2O/c1-16-10-9-15-13(16)14(17)8-4-6-11-5-2-3-7-12(11)14/h2-3,5,7,9-10,17H,4,6,8H2,1H3. The van der Waals surface area contributed by atoms with E-state index in [2.05, 4.69) is 11.1 Å². The number of aliphatic hydroxyl groups is 1. The Bertz CT molecular complexity index is 547. The van der Waals surface area contributed by atoms with Crippen LogP contribution < -0.4 is 0 Å². The van der Waals surface area contributed by atoms with E-state index in [1.807, 2.05) is 36.0 Å². The highest BCUT2D eigenvalue weighted by atomic mass is 16.3. The molecule has 3 rings (SSSR count). The van der Waals surface area contributed by atoms with Crippen molar-refractivity contribution < 1.29 is 5.11 Å². The first-order chi connectivity index (χ1) is 8.22. The maximum absolute atomic E-state index is 11.0. The van der Waals surface area contributed by atoms with Gasteiger partial charge in [0.1, 0.15) is 11.4 Å². The van der Waals surface area contributed by atoms with Gasteiger partial charge in [0.25, 0.3) is 0 Å². The average Bonchev–Trinajstić information content (AvgIpc) is 2.77. The van der Waals surface area contributed by atoms with Crippen molar-refractivity contribution in [2.45, 2.75) is 24.9 Å². The molecule has 1 heterocycles. The van der Waals surface area contributed by atoms with E-state index in [1.54, 1.807) is 6.20 Å². The SMILES string of the molecule is Cn1ccnc1C1(O)CCCc2ccccc21. The molecule has 0 spiro atoms. The molecule has 1 unspecified atom stereocenters. The molecule has 2 aromatic rings. The molecule has 1 aromatic heterocycles. The number of hydrogen-bond donors (Lipinski definition) is 1. The lowest BCUT2D eigenvalue weighted by molar-refractivity contribution is 0.0497. The van der Waals surface area contributed by atoms with Crippen LogP contribution in [-0.2, 0) is 19.1 Å². The third-order valence-corrected chi connectivity index (χ3v) is 3.64. The summed E-state index contributed by atoms with van der Waals surface area (Å²) in [5, 5.41) is 11.0. The van der Waals surface area contributed by atoms with Crippen molar-refractivity contribution in [3.8, 4) is 0 Å². The van der Waals surface area contributed by atoms with Gasteiger partial charge in [-0.05, 0) is 30.4 Å². The monoisotopic (exact) mass is 228 g/mol. The molecule has 0 radical (unpaired) electrons. The molecule has 0 saturated heterocycles. The van der Waals surface area contributed by atoms with E-state index in [0.717, 1.165) is 30.7 Å². The molecule has 0 saturated carbocycles. The van der Waals surface area contributed by atoms with Gasteiger partial charge in [0.05, 0.1) is 0 Å². The van der Waals surface area contributed by atoms with Gasteiger partial charge >= 0.3 is 0 Å².